The molecule has 0 aliphatic carbocycles. The monoisotopic (exact) mass is 274 g/mol. The molecule has 0 radical (unpaired) electrons. The molecule has 106 valence electrons. The lowest BCUT2D eigenvalue weighted by atomic mass is 10.1. The minimum absolute atomic E-state index is 0.0599. The predicted octanol–water partition coefficient (Wildman–Crippen LogP) is 2.93. The van der Waals surface area contributed by atoms with E-state index in [4.69, 9.17) is 9.26 Å². The lowest BCUT2D eigenvalue weighted by molar-refractivity contribution is -0.118. The van der Waals surface area contributed by atoms with Gasteiger partial charge in [0.1, 0.15) is 11.5 Å². The molecule has 0 aliphatic heterocycles. The van der Waals surface area contributed by atoms with Crippen molar-refractivity contribution in [3.8, 4) is 5.75 Å². The van der Waals surface area contributed by atoms with Crippen molar-refractivity contribution in [3.05, 3.63) is 40.6 Å². The summed E-state index contributed by atoms with van der Waals surface area (Å²) in [5, 5.41) is 6.31. The Bertz CT molecular complexity index is 632. The summed E-state index contributed by atoms with van der Waals surface area (Å²) in [7, 11) is 0. The average molecular weight is 274 g/mol. The summed E-state index contributed by atoms with van der Waals surface area (Å²) in [4.78, 5) is 11.8. The number of anilines is 1. The molecule has 1 N–H and O–H groups in total. The second-order valence-corrected chi connectivity index (χ2v) is 4.86. The molecule has 1 aromatic heterocycles. The number of carbonyl (C=O) groups is 1. The molecule has 1 heterocycles. The van der Waals surface area contributed by atoms with E-state index in [0.717, 1.165) is 22.4 Å². The fraction of sp³-hybridized carbons (Fsp3) is 0.333. The zero-order chi connectivity index (χ0) is 14.7. The van der Waals surface area contributed by atoms with Crippen molar-refractivity contribution in [1.29, 1.82) is 0 Å². The summed E-state index contributed by atoms with van der Waals surface area (Å²) in [6.45, 7) is 7.70. The summed E-state index contributed by atoms with van der Waals surface area (Å²) >= 11 is 0. The Morgan fingerprint density at radius 2 is 2.00 bits per heavy atom. The number of aromatic nitrogens is 1. The first-order valence-electron chi connectivity index (χ1n) is 6.39. The average Bonchev–Trinajstić information content (AvgIpc) is 2.77. The van der Waals surface area contributed by atoms with Crippen LogP contribution in [0.4, 0.5) is 5.82 Å². The lowest BCUT2D eigenvalue weighted by Gasteiger charge is -2.11. The van der Waals surface area contributed by atoms with Gasteiger partial charge in [-0.2, -0.15) is 0 Å². The van der Waals surface area contributed by atoms with E-state index in [1.807, 2.05) is 26.8 Å². The van der Waals surface area contributed by atoms with E-state index in [1.54, 1.807) is 13.0 Å². The molecule has 2 aromatic rings. The van der Waals surface area contributed by atoms with E-state index >= 15 is 0 Å². The molecule has 0 spiro atoms. The minimum atomic E-state index is -0.267. The maximum atomic E-state index is 11.8. The highest BCUT2D eigenvalue weighted by Crippen LogP contribution is 2.23. The van der Waals surface area contributed by atoms with Gasteiger partial charge in [-0.25, -0.2) is 0 Å². The van der Waals surface area contributed by atoms with Gasteiger partial charge in [-0.15, -0.1) is 0 Å². The maximum Gasteiger partial charge on any atom is 0.263 e. The van der Waals surface area contributed by atoms with Gasteiger partial charge in [-0.05, 0) is 50.5 Å². The van der Waals surface area contributed by atoms with Crippen LogP contribution in [0.25, 0.3) is 0 Å². The van der Waals surface area contributed by atoms with E-state index in [-0.39, 0.29) is 12.5 Å². The summed E-state index contributed by atoms with van der Waals surface area (Å²) in [6.07, 6.45) is 0. The molecule has 1 aromatic carbocycles. The highest BCUT2D eigenvalue weighted by Gasteiger charge is 2.09. The second-order valence-electron chi connectivity index (χ2n) is 4.86. The lowest BCUT2D eigenvalue weighted by Crippen LogP contribution is -2.20. The van der Waals surface area contributed by atoms with Crippen molar-refractivity contribution in [2.45, 2.75) is 27.7 Å². The molecule has 2 rings (SSSR count). The van der Waals surface area contributed by atoms with Crippen LogP contribution in [0.2, 0.25) is 0 Å². The van der Waals surface area contributed by atoms with Gasteiger partial charge >= 0.3 is 0 Å². The molecule has 0 atom stereocenters. The number of hydrogen-bond donors (Lipinski definition) is 1. The van der Waals surface area contributed by atoms with Crippen LogP contribution in [0.5, 0.6) is 5.75 Å². The number of nitrogens with zero attached hydrogens (tertiary/aromatic N) is 1. The number of amides is 1. The molecule has 0 bridgehead atoms. The highest BCUT2D eigenvalue weighted by atomic mass is 16.5. The van der Waals surface area contributed by atoms with Gasteiger partial charge in [0, 0.05) is 6.07 Å². The molecular formula is C15H18N2O3. The summed E-state index contributed by atoms with van der Waals surface area (Å²) in [5.74, 6) is 1.51. The molecule has 0 unspecified atom stereocenters. The first kappa shape index (κ1) is 14.1. The zero-order valence-corrected chi connectivity index (χ0v) is 12.1. The Morgan fingerprint density at radius 3 is 2.65 bits per heavy atom. The van der Waals surface area contributed by atoms with Crippen molar-refractivity contribution in [1.82, 2.24) is 5.16 Å². The Morgan fingerprint density at radius 1 is 1.25 bits per heavy atom. The fourth-order valence-corrected chi connectivity index (χ4v) is 1.90. The SMILES string of the molecule is Cc1cc(C)c(C)c(OCC(=O)Nc2cc(C)on2)c1. The Hall–Kier alpha value is -2.30. The van der Waals surface area contributed by atoms with Gasteiger partial charge < -0.3 is 14.6 Å². The van der Waals surface area contributed by atoms with E-state index in [9.17, 15) is 4.79 Å². The maximum absolute atomic E-state index is 11.8. The van der Waals surface area contributed by atoms with Gasteiger partial charge in [0.15, 0.2) is 12.4 Å². The molecular weight excluding hydrogens is 256 g/mol. The number of benzene rings is 1. The van der Waals surface area contributed by atoms with Crippen LogP contribution >= 0.6 is 0 Å². The molecule has 1 amide bonds. The minimum Gasteiger partial charge on any atom is -0.483 e. The third-order valence-electron chi connectivity index (χ3n) is 3.02. The molecule has 0 saturated carbocycles. The van der Waals surface area contributed by atoms with Crippen LogP contribution in [0.1, 0.15) is 22.5 Å². The van der Waals surface area contributed by atoms with E-state index in [0.29, 0.717) is 11.6 Å². The third kappa shape index (κ3) is 3.38. The van der Waals surface area contributed by atoms with Gasteiger partial charge in [0.25, 0.3) is 5.91 Å². The molecule has 5 heteroatoms. The molecule has 0 fully saturated rings. The number of rotatable bonds is 4. The first-order chi connectivity index (χ1) is 9.45. The summed E-state index contributed by atoms with van der Waals surface area (Å²) in [6, 6.07) is 5.66. The number of ether oxygens (including phenoxy) is 1. The number of nitrogens with one attached hydrogen (secondary N) is 1. The van der Waals surface area contributed by atoms with Gasteiger partial charge in [0.05, 0.1) is 0 Å². The quantitative estimate of drug-likeness (QED) is 0.931. The third-order valence-corrected chi connectivity index (χ3v) is 3.02. The zero-order valence-electron chi connectivity index (χ0n) is 12.1. The number of hydrogen-bond acceptors (Lipinski definition) is 4. The van der Waals surface area contributed by atoms with Crippen molar-refractivity contribution in [2.24, 2.45) is 0 Å². The first-order valence-corrected chi connectivity index (χ1v) is 6.39. The topological polar surface area (TPSA) is 64.4 Å². The Labute approximate surface area is 117 Å². The van der Waals surface area contributed by atoms with E-state index in [2.05, 4.69) is 16.5 Å². The molecule has 0 saturated heterocycles. The van der Waals surface area contributed by atoms with E-state index in [1.165, 1.54) is 0 Å². The smallest absolute Gasteiger partial charge is 0.263 e. The number of aryl methyl sites for hydroxylation is 3. The largest absolute Gasteiger partial charge is 0.483 e. The fourth-order valence-electron chi connectivity index (χ4n) is 1.90. The number of carbonyl (C=O) groups excluding carboxylic acids is 1. The van der Waals surface area contributed by atoms with Crippen molar-refractivity contribution < 1.29 is 14.1 Å². The molecule has 0 aliphatic rings. The molecule has 5 nitrogen and oxygen atoms in total. The Balaban J connectivity index is 1.97. The second kappa shape index (κ2) is 5.77. The van der Waals surface area contributed by atoms with Gasteiger partial charge in [0.2, 0.25) is 0 Å². The van der Waals surface area contributed by atoms with Gasteiger partial charge in [-0.3, -0.25) is 4.79 Å². The molecule has 20 heavy (non-hydrogen) atoms. The Kier molecular flexibility index (Phi) is 4.08. The van der Waals surface area contributed by atoms with Crippen LogP contribution in [0.3, 0.4) is 0 Å². The predicted molar refractivity (Wildman–Crippen MR) is 76.0 cm³/mol. The van der Waals surface area contributed by atoms with E-state index < -0.39 is 0 Å². The van der Waals surface area contributed by atoms with Crippen LogP contribution in [0.15, 0.2) is 22.7 Å². The van der Waals surface area contributed by atoms with Crippen molar-refractivity contribution in [3.63, 3.8) is 0 Å². The summed E-state index contributed by atoms with van der Waals surface area (Å²) < 4.78 is 10.4. The van der Waals surface area contributed by atoms with Crippen molar-refractivity contribution in [2.75, 3.05) is 11.9 Å². The van der Waals surface area contributed by atoms with Crippen LogP contribution < -0.4 is 10.1 Å². The summed E-state index contributed by atoms with van der Waals surface area (Å²) in [5.41, 5.74) is 3.30. The van der Waals surface area contributed by atoms with Crippen molar-refractivity contribution >= 4 is 11.7 Å². The van der Waals surface area contributed by atoms with Crippen LogP contribution in [0, 0.1) is 27.7 Å². The van der Waals surface area contributed by atoms with Crippen LogP contribution in [-0.2, 0) is 4.79 Å². The normalized spacial score (nSPS) is 10.4. The van der Waals surface area contributed by atoms with Crippen LogP contribution in [-0.4, -0.2) is 17.7 Å². The standard InChI is InChI=1S/C15H18N2O3/c1-9-5-10(2)12(4)13(6-9)19-8-15(18)16-14-7-11(3)20-17-14/h5-7H,8H2,1-4H3,(H,16,17,18). The van der Waals surface area contributed by atoms with Gasteiger partial charge in [-0.1, -0.05) is 11.2 Å². The highest BCUT2D eigenvalue weighted by molar-refractivity contribution is 5.90.